The van der Waals surface area contributed by atoms with Gasteiger partial charge in [-0.1, -0.05) is 35.9 Å². The second-order valence-corrected chi connectivity index (χ2v) is 8.93. The van der Waals surface area contributed by atoms with E-state index in [0.717, 1.165) is 47.5 Å². The molecule has 172 valence electrons. The highest BCUT2D eigenvalue weighted by atomic mass is 35.5. The molecule has 1 aliphatic heterocycles. The van der Waals surface area contributed by atoms with Gasteiger partial charge in [-0.05, 0) is 67.2 Å². The Kier molecular flexibility index (Phi) is 6.74. The van der Waals surface area contributed by atoms with Gasteiger partial charge in [0.25, 0.3) is 0 Å². The van der Waals surface area contributed by atoms with E-state index in [4.69, 9.17) is 23.8 Å². The standard InChI is InChI=1S/C26H25ClN6S/c27-19-12-13-23(30-18-19)32-16-6-11-22(32)25-24(21-10-4-5-14-29-21)31-26(34)33(25)17-7-15-28-20-8-2-1-3-9-20/h1-6,8-14,16,18,24-25,28H,7,15,17H2,(H,31,34)/t24-,25+/m1/s1. The maximum Gasteiger partial charge on any atom is 0.170 e. The van der Waals surface area contributed by atoms with Gasteiger partial charge in [-0.2, -0.15) is 0 Å². The predicted molar refractivity (Wildman–Crippen MR) is 140 cm³/mol. The fourth-order valence-corrected chi connectivity index (χ4v) is 4.80. The molecule has 2 atom stereocenters. The van der Waals surface area contributed by atoms with Crippen LogP contribution in [0.1, 0.15) is 29.9 Å². The molecule has 0 bridgehead atoms. The van der Waals surface area contributed by atoms with E-state index >= 15 is 0 Å². The lowest BCUT2D eigenvalue weighted by Gasteiger charge is -2.29. The van der Waals surface area contributed by atoms with Crippen molar-refractivity contribution in [2.75, 3.05) is 18.4 Å². The molecule has 1 fully saturated rings. The molecule has 0 radical (unpaired) electrons. The van der Waals surface area contributed by atoms with Crippen LogP contribution >= 0.6 is 23.8 Å². The molecule has 0 spiro atoms. The van der Waals surface area contributed by atoms with E-state index in [1.165, 1.54) is 0 Å². The van der Waals surface area contributed by atoms with Crippen molar-refractivity contribution >= 4 is 34.6 Å². The van der Waals surface area contributed by atoms with Gasteiger partial charge in [0.2, 0.25) is 0 Å². The van der Waals surface area contributed by atoms with Crippen LogP contribution in [0.5, 0.6) is 0 Å². The van der Waals surface area contributed by atoms with Gasteiger partial charge in [0.05, 0.1) is 22.8 Å². The van der Waals surface area contributed by atoms with Crippen molar-refractivity contribution in [3.8, 4) is 5.82 Å². The number of rotatable bonds is 8. The first-order valence-electron chi connectivity index (χ1n) is 11.3. The Hall–Kier alpha value is -3.42. The Labute approximate surface area is 209 Å². The molecule has 3 aromatic heterocycles. The average molecular weight is 489 g/mol. The minimum Gasteiger partial charge on any atom is -0.385 e. The normalized spacial score (nSPS) is 17.6. The van der Waals surface area contributed by atoms with Crippen LogP contribution in [0.2, 0.25) is 5.02 Å². The number of hydrogen-bond acceptors (Lipinski definition) is 4. The maximum atomic E-state index is 6.08. The molecule has 2 N–H and O–H groups in total. The van der Waals surface area contributed by atoms with Gasteiger partial charge in [-0.3, -0.25) is 4.98 Å². The third-order valence-electron chi connectivity index (χ3n) is 5.92. The first-order valence-corrected chi connectivity index (χ1v) is 12.1. The Morgan fingerprint density at radius 2 is 1.82 bits per heavy atom. The quantitative estimate of drug-likeness (QED) is 0.256. The molecule has 5 rings (SSSR count). The third kappa shape index (κ3) is 4.76. The summed E-state index contributed by atoms with van der Waals surface area (Å²) in [5.74, 6) is 0.813. The fourth-order valence-electron chi connectivity index (χ4n) is 4.36. The second-order valence-electron chi connectivity index (χ2n) is 8.10. The topological polar surface area (TPSA) is 58.0 Å². The number of thiocarbonyl (C=S) groups is 1. The largest absolute Gasteiger partial charge is 0.385 e. The number of pyridine rings is 2. The lowest BCUT2D eigenvalue weighted by molar-refractivity contribution is 0.307. The molecule has 34 heavy (non-hydrogen) atoms. The Morgan fingerprint density at radius 3 is 2.59 bits per heavy atom. The molecule has 1 aliphatic rings. The molecule has 1 saturated heterocycles. The molecular weight excluding hydrogens is 464 g/mol. The number of nitrogens with one attached hydrogen (secondary N) is 2. The lowest BCUT2D eigenvalue weighted by Crippen LogP contribution is -2.32. The zero-order valence-electron chi connectivity index (χ0n) is 18.5. The van der Waals surface area contributed by atoms with Crippen LogP contribution in [0.3, 0.4) is 0 Å². The van der Waals surface area contributed by atoms with Crippen LogP contribution in [0.15, 0.2) is 91.4 Å². The van der Waals surface area contributed by atoms with Gasteiger partial charge < -0.3 is 20.1 Å². The first kappa shape index (κ1) is 22.4. The maximum absolute atomic E-state index is 6.08. The Morgan fingerprint density at radius 1 is 0.971 bits per heavy atom. The second kappa shape index (κ2) is 10.2. The van der Waals surface area contributed by atoms with Crippen LogP contribution in [0.25, 0.3) is 5.82 Å². The number of benzene rings is 1. The van der Waals surface area contributed by atoms with Crippen molar-refractivity contribution < 1.29 is 0 Å². The van der Waals surface area contributed by atoms with Gasteiger partial charge in [-0.15, -0.1) is 0 Å². The highest BCUT2D eigenvalue weighted by molar-refractivity contribution is 7.80. The molecule has 8 heteroatoms. The summed E-state index contributed by atoms with van der Waals surface area (Å²) in [6.45, 7) is 1.66. The van der Waals surface area contributed by atoms with Crippen molar-refractivity contribution in [2.45, 2.75) is 18.5 Å². The third-order valence-corrected chi connectivity index (χ3v) is 6.49. The summed E-state index contributed by atoms with van der Waals surface area (Å²) >= 11 is 11.9. The van der Waals surface area contributed by atoms with Crippen LogP contribution in [0.4, 0.5) is 5.69 Å². The average Bonchev–Trinajstić information content (AvgIpc) is 3.48. The molecule has 0 aliphatic carbocycles. The summed E-state index contributed by atoms with van der Waals surface area (Å²) in [5, 5.41) is 8.36. The summed E-state index contributed by atoms with van der Waals surface area (Å²) in [5.41, 5.74) is 3.17. The zero-order chi connectivity index (χ0) is 23.3. The molecule has 0 amide bonds. The highest BCUT2D eigenvalue weighted by Crippen LogP contribution is 2.39. The van der Waals surface area contributed by atoms with Crippen molar-refractivity contribution in [1.82, 2.24) is 24.8 Å². The van der Waals surface area contributed by atoms with E-state index in [1.54, 1.807) is 6.20 Å². The zero-order valence-corrected chi connectivity index (χ0v) is 20.1. The summed E-state index contributed by atoms with van der Waals surface area (Å²) in [7, 11) is 0. The Bertz CT molecular complexity index is 1230. The SMILES string of the molecule is S=C1N[C@H](c2ccccn2)[C@H](c2cccn2-c2ccc(Cl)cn2)N1CCCNc1ccccc1. The van der Waals surface area contributed by atoms with E-state index in [-0.39, 0.29) is 12.1 Å². The number of nitrogens with zero attached hydrogens (tertiary/aromatic N) is 4. The van der Waals surface area contributed by atoms with Crippen molar-refractivity contribution in [3.05, 3.63) is 108 Å². The minimum absolute atomic E-state index is 0.0356. The number of para-hydroxylation sites is 1. The van der Waals surface area contributed by atoms with E-state index in [1.807, 2.05) is 67.0 Å². The first-order chi connectivity index (χ1) is 16.7. The molecule has 0 saturated carbocycles. The summed E-state index contributed by atoms with van der Waals surface area (Å²) in [6, 6.07) is 24.1. The molecule has 4 heterocycles. The fraction of sp³-hybridized carbons (Fsp3) is 0.192. The van der Waals surface area contributed by atoms with Crippen molar-refractivity contribution in [2.24, 2.45) is 0 Å². The van der Waals surface area contributed by atoms with E-state index in [2.05, 4.69) is 48.3 Å². The monoisotopic (exact) mass is 488 g/mol. The van der Waals surface area contributed by atoms with Crippen LogP contribution in [-0.2, 0) is 0 Å². The van der Waals surface area contributed by atoms with Crippen molar-refractivity contribution in [3.63, 3.8) is 0 Å². The Balaban J connectivity index is 1.42. The van der Waals surface area contributed by atoms with Gasteiger partial charge in [0, 0.05) is 43.1 Å². The van der Waals surface area contributed by atoms with Crippen LogP contribution in [0, 0.1) is 0 Å². The van der Waals surface area contributed by atoms with Crippen LogP contribution in [-0.4, -0.2) is 37.6 Å². The van der Waals surface area contributed by atoms with Crippen molar-refractivity contribution in [1.29, 1.82) is 0 Å². The highest BCUT2D eigenvalue weighted by Gasteiger charge is 2.41. The molecule has 4 aromatic rings. The van der Waals surface area contributed by atoms with E-state index in [9.17, 15) is 0 Å². The number of aromatic nitrogens is 3. The van der Waals surface area contributed by atoms with Gasteiger partial charge in [0.1, 0.15) is 5.82 Å². The molecular formula is C26H25ClN6S. The summed E-state index contributed by atoms with van der Waals surface area (Å²) < 4.78 is 2.10. The van der Waals surface area contributed by atoms with Crippen LogP contribution < -0.4 is 10.6 Å². The number of hydrogen-bond donors (Lipinski definition) is 2. The lowest BCUT2D eigenvalue weighted by atomic mass is 10.0. The predicted octanol–water partition coefficient (Wildman–Crippen LogP) is 5.40. The minimum atomic E-state index is -0.0725. The molecule has 6 nitrogen and oxygen atoms in total. The van der Waals surface area contributed by atoms with Gasteiger partial charge in [-0.25, -0.2) is 4.98 Å². The number of anilines is 1. The smallest absolute Gasteiger partial charge is 0.170 e. The molecule has 1 aromatic carbocycles. The summed E-state index contributed by atoms with van der Waals surface area (Å²) in [6.07, 6.45) is 6.45. The van der Waals surface area contributed by atoms with Gasteiger partial charge in [0.15, 0.2) is 5.11 Å². The summed E-state index contributed by atoms with van der Waals surface area (Å²) in [4.78, 5) is 11.4. The van der Waals surface area contributed by atoms with E-state index < -0.39 is 0 Å². The molecule has 0 unspecified atom stereocenters. The number of halogens is 1. The van der Waals surface area contributed by atoms with E-state index in [0.29, 0.717) is 5.02 Å². The van der Waals surface area contributed by atoms with Gasteiger partial charge >= 0.3 is 0 Å².